The van der Waals surface area contributed by atoms with Crippen molar-refractivity contribution in [3.63, 3.8) is 0 Å². The molecule has 0 bridgehead atoms. The van der Waals surface area contributed by atoms with Gasteiger partial charge in [0.25, 0.3) is 0 Å². The van der Waals surface area contributed by atoms with E-state index in [2.05, 4.69) is 28.7 Å². The SMILES string of the molecule is Nc1cc2cc(N)c(I)cc2s1. The molecule has 0 saturated carbocycles. The summed E-state index contributed by atoms with van der Waals surface area (Å²) in [5, 5.41) is 1.97. The normalized spacial score (nSPS) is 10.8. The van der Waals surface area contributed by atoms with Gasteiger partial charge in [0.1, 0.15) is 0 Å². The maximum absolute atomic E-state index is 5.75. The first kappa shape index (κ1) is 8.12. The number of nitrogen functional groups attached to an aromatic ring is 2. The summed E-state index contributed by atoms with van der Waals surface area (Å²) in [5.41, 5.74) is 12.2. The fourth-order valence-electron chi connectivity index (χ4n) is 1.10. The van der Waals surface area contributed by atoms with Gasteiger partial charge in [-0.25, -0.2) is 0 Å². The highest BCUT2D eigenvalue weighted by molar-refractivity contribution is 14.1. The van der Waals surface area contributed by atoms with E-state index in [4.69, 9.17) is 11.5 Å². The Morgan fingerprint density at radius 2 is 1.92 bits per heavy atom. The number of halogens is 1. The molecule has 1 aromatic heterocycles. The number of benzene rings is 1. The molecule has 0 saturated heterocycles. The van der Waals surface area contributed by atoms with E-state index in [0.29, 0.717) is 0 Å². The summed E-state index contributed by atoms with van der Waals surface area (Å²) in [4.78, 5) is 0. The van der Waals surface area contributed by atoms with Gasteiger partial charge >= 0.3 is 0 Å². The summed E-state index contributed by atoms with van der Waals surface area (Å²) < 4.78 is 2.29. The number of thiophene rings is 1. The van der Waals surface area contributed by atoms with Crippen LogP contribution >= 0.6 is 33.9 Å². The Bertz CT molecular complexity index is 397. The van der Waals surface area contributed by atoms with E-state index in [9.17, 15) is 0 Å². The van der Waals surface area contributed by atoms with E-state index < -0.39 is 0 Å². The lowest BCUT2D eigenvalue weighted by Gasteiger charge is -1.96. The van der Waals surface area contributed by atoms with Crippen LogP contribution in [0.3, 0.4) is 0 Å². The third kappa shape index (κ3) is 1.25. The molecule has 0 fully saturated rings. The first-order valence-electron chi connectivity index (χ1n) is 3.41. The fourth-order valence-corrected chi connectivity index (χ4v) is 2.63. The minimum atomic E-state index is 0.820. The Labute approximate surface area is 87.7 Å². The monoisotopic (exact) mass is 290 g/mol. The Hall–Kier alpha value is -0.490. The number of hydrogen-bond acceptors (Lipinski definition) is 3. The van der Waals surface area contributed by atoms with E-state index >= 15 is 0 Å². The molecule has 0 atom stereocenters. The maximum Gasteiger partial charge on any atom is 0.0868 e. The van der Waals surface area contributed by atoms with Gasteiger partial charge in [0, 0.05) is 14.0 Å². The minimum Gasteiger partial charge on any atom is -0.398 e. The molecule has 62 valence electrons. The average Bonchev–Trinajstić information content (AvgIpc) is 2.30. The summed E-state index contributed by atoms with van der Waals surface area (Å²) in [6.45, 7) is 0. The molecule has 12 heavy (non-hydrogen) atoms. The highest BCUT2D eigenvalue weighted by atomic mass is 127. The Morgan fingerprint density at radius 1 is 1.17 bits per heavy atom. The van der Waals surface area contributed by atoms with Crippen molar-refractivity contribution in [1.29, 1.82) is 0 Å². The number of rotatable bonds is 0. The van der Waals surface area contributed by atoms with Crippen LogP contribution in [0.25, 0.3) is 10.1 Å². The van der Waals surface area contributed by atoms with Gasteiger partial charge in [0.2, 0.25) is 0 Å². The zero-order valence-corrected chi connectivity index (χ0v) is 9.15. The Morgan fingerprint density at radius 3 is 2.67 bits per heavy atom. The molecular weight excluding hydrogens is 283 g/mol. The Balaban J connectivity index is 2.83. The zero-order chi connectivity index (χ0) is 8.72. The van der Waals surface area contributed by atoms with Crippen molar-refractivity contribution < 1.29 is 0 Å². The minimum absolute atomic E-state index is 0.820. The molecule has 0 aliphatic carbocycles. The second kappa shape index (κ2) is 2.77. The van der Waals surface area contributed by atoms with Gasteiger partial charge in [-0.1, -0.05) is 0 Å². The fraction of sp³-hybridized carbons (Fsp3) is 0. The molecular formula is C8H7IN2S. The summed E-state index contributed by atoms with van der Waals surface area (Å²) in [6.07, 6.45) is 0. The second-order valence-electron chi connectivity index (χ2n) is 2.56. The third-order valence-corrected chi connectivity index (χ3v) is 3.52. The topological polar surface area (TPSA) is 52.0 Å². The van der Waals surface area contributed by atoms with Gasteiger partial charge in [-0.15, -0.1) is 11.3 Å². The van der Waals surface area contributed by atoms with Crippen LogP contribution < -0.4 is 11.5 Å². The predicted molar refractivity (Wildman–Crippen MR) is 63.4 cm³/mol. The first-order chi connectivity index (χ1) is 5.66. The van der Waals surface area contributed by atoms with Gasteiger partial charge in [-0.2, -0.15) is 0 Å². The second-order valence-corrected chi connectivity index (χ2v) is 4.84. The van der Waals surface area contributed by atoms with Crippen LogP contribution in [-0.2, 0) is 0 Å². The summed E-state index contributed by atoms with van der Waals surface area (Å²) in [7, 11) is 0. The smallest absolute Gasteiger partial charge is 0.0868 e. The number of anilines is 2. The lowest BCUT2D eigenvalue weighted by atomic mass is 10.2. The molecule has 2 nitrogen and oxygen atoms in total. The van der Waals surface area contributed by atoms with Crippen LogP contribution in [0.4, 0.5) is 10.7 Å². The first-order valence-corrected chi connectivity index (χ1v) is 5.30. The molecule has 2 rings (SSSR count). The summed E-state index contributed by atoms with van der Waals surface area (Å²) in [6, 6.07) is 5.97. The van der Waals surface area contributed by atoms with Crippen LogP contribution in [0.2, 0.25) is 0 Å². The molecule has 1 aromatic carbocycles. The third-order valence-electron chi connectivity index (χ3n) is 1.65. The molecule has 4 heteroatoms. The molecule has 0 unspecified atom stereocenters. The van der Waals surface area contributed by atoms with Crippen LogP contribution in [-0.4, -0.2) is 0 Å². The van der Waals surface area contributed by atoms with E-state index in [1.165, 1.54) is 4.70 Å². The summed E-state index contributed by atoms with van der Waals surface area (Å²) in [5.74, 6) is 0. The molecule has 2 aromatic rings. The van der Waals surface area contributed by atoms with Crippen molar-refractivity contribution >= 4 is 54.7 Å². The van der Waals surface area contributed by atoms with Crippen LogP contribution in [0, 0.1) is 3.57 Å². The predicted octanol–water partition coefficient (Wildman–Crippen LogP) is 2.67. The van der Waals surface area contributed by atoms with Crippen molar-refractivity contribution in [3.05, 3.63) is 21.8 Å². The summed E-state index contributed by atoms with van der Waals surface area (Å²) >= 11 is 3.81. The van der Waals surface area contributed by atoms with Crippen LogP contribution in [0.1, 0.15) is 0 Å². The van der Waals surface area contributed by atoms with Crippen molar-refractivity contribution in [2.75, 3.05) is 11.5 Å². The van der Waals surface area contributed by atoms with Gasteiger partial charge in [-0.3, -0.25) is 0 Å². The van der Waals surface area contributed by atoms with E-state index in [1.807, 2.05) is 12.1 Å². The van der Waals surface area contributed by atoms with Gasteiger partial charge in [-0.05, 0) is 46.2 Å². The van der Waals surface area contributed by atoms with Crippen molar-refractivity contribution in [2.24, 2.45) is 0 Å². The van der Waals surface area contributed by atoms with Crippen molar-refractivity contribution in [1.82, 2.24) is 0 Å². The number of hydrogen-bond donors (Lipinski definition) is 2. The lowest BCUT2D eigenvalue weighted by Crippen LogP contribution is -1.86. The number of nitrogens with two attached hydrogens (primary N) is 2. The molecule has 4 N–H and O–H groups in total. The molecule has 0 radical (unpaired) electrons. The van der Waals surface area contributed by atoms with E-state index in [0.717, 1.165) is 19.6 Å². The zero-order valence-electron chi connectivity index (χ0n) is 6.17. The van der Waals surface area contributed by atoms with Crippen molar-refractivity contribution in [3.8, 4) is 0 Å². The highest BCUT2D eigenvalue weighted by Crippen LogP contribution is 2.31. The van der Waals surface area contributed by atoms with Crippen LogP contribution in [0.15, 0.2) is 18.2 Å². The highest BCUT2D eigenvalue weighted by Gasteiger charge is 2.02. The quantitative estimate of drug-likeness (QED) is 0.579. The Kier molecular flexibility index (Phi) is 1.88. The molecule has 0 spiro atoms. The largest absolute Gasteiger partial charge is 0.398 e. The van der Waals surface area contributed by atoms with Gasteiger partial charge in [0.15, 0.2) is 0 Å². The molecule has 0 aliphatic rings. The maximum atomic E-state index is 5.75. The van der Waals surface area contributed by atoms with Crippen LogP contribution in [0.5, 0.6) is 0 Å². The van der Waals surface area contributed by atoms with Crippen molar-refractivity contribution in [2.45, 2.75) is 0 Å². The standard InChI is InChI=1S/C8H7IN2S/c9-5-3-7-4(1-6(5)10)2-8(11)12-7/h1-3H,10-11H2. The molecule has 0 amide bonds. The van der Waals surface area contributed by atoms with Gasteiger partial charge in [0.05, 0.1) is 5.00 Å². The number of fused-ring (bicyclic) bond motifs is 1. The molecule has 1 heterocycles. The average molecular weight is 290 g/mol. The van der Waals surface area contributed by atoms with E-state index in [-0.39, 0.29) is 0 Å². The van der Waals surface area contributed by atoms with Gasteiger partial charge < -0.3 is 11.5 Å². The molecule has 0 aliphatic heterocycles. The lowest BCUT2D eigenvalue weighted by molar-refractivity contribution is 1.72. The van der Waals surface area contributed by atoms with E-state index in [1.54, 1.807) is 11.3 Å².